The molecule has 5 aromatic rings. The molecule has 0 spiro atoms. The first-order valence-electron chi connectivity index (χ1n) is 14.4. The van der Waals surface area contributed by atoms with E-state index < -0.39 is 0 Å². The fourth-order valence-corrected chi connectivity index (χ4v) is 6.91. The van der Waals surface area contributed by atoms with Crippen LogP contribution in [-0.2, 0) is 6.42 Å². The molecule has 2 aliphatic heterocycles. The van der Waals surface area contributed by atoms with E-state index in [9.17, 15) is 0 Å². The first kappa shape index (κ1) is 25.4. The SMILES string of the molecule is C=CC1=NC2CC(=C)/N=C(/C)c3c(ccc4c3oc3nc(-c5c(C)cccc5C)ccc34)CCC2c2ccccc21. The van der Waals surface area contributed by atoms with Gasteiger partial charge in [0.25, 0.3) is 0 Å². The van der Waals surface area contributed by atoms with Crippen LogP contribution >= 0.6 is 0 Å². The van der Waals surface area contributed by atoms with E-state index in [1.807, 2.05) is 6.08 Å². The van der Waals surface area contributed by atoms with E-state index in [1.54, 1.807) is 0 Å². The number of pyridine rings is 1. The Morgan fingerprint density at radius 3 is 2.46 bits per heavy atom. The molecule has 7 rings (SSSR count). The summed E-state index contributed by atoms with van der Waals surface area (Å²) in [5.74, 6) is 0.279. The summed E-state index contributed by atoms with van der Waals surface area (Å²) in [5, 5.41) is 2.09. The molecule has 41 heavy (non-hydrogen) atoms. The van der Waals surface area contributed by atoms with Gasteiger partial charge in [-0.3, -0.25) is 9.98 Å². The van der Waals surface area contributed by atoms with Gasteiger partial charge in [-0.2, -0.15) is 0 Å². The Morgan fingerprint density at radius 2 is 1.66 bits per heavy atom. The number of aryl methyl sites for hydroxylation is 3. The Morgan fingerprint density at radius 1 is 0.878 bits per heavy atom. The highest BCUT2D eigenvalue weighted by atomic mass is 16.3. The van der Waals surface area contributed by atoms with Crippen molar-refractivity contribution in [3.8, 4) is 11.3 Å². The lowest BCUT2D eigenvalue weighted by molar-refractivity contribution is 0.490. The van der Waals surface area contributed by atoms with Crippen molar-refractivity contribution in [2.45, 2.75) is 52.0 Å². The molecule has 2 aliphatic rings. The molecule has 0 fully saturated rings. The normalized spacial score (nSPS) is 20.0. The van der Waals surface area contributed by atoms with Crippen molar-refractivity contribution in [2.75, 3.05) is 0 Å². The lowest BCUT2D eigenvalue weighted by Crippen LogP contribution is -2.27. The molecule has 4 nitrogen and oxygen atoms in total. The van der Waals surface area contributed by atoms with Crippen molar-refractivity contribution in [3.05, 3.63) is 125 Å². The number of nitrogens with zero attached hydrogens (tertiary/aromatic N) is 3. The van der Waals surface area contributed by atoms with Crippen LogP contribution in [-0.4, -0.2) is 22.4 Å². The maximum Gasteiger partial charge on any atom is 0.227 e. The molecule has 0 N–H and O–H groups in total. The van der Waals surface area contributed by atoms with Gasteiger partial charge in [0.15, 0.2) is 0 Å². The second kappa shape index (κ2) is 9.81. The van der Waals surface area contributed by atoms with Crippen LogP contribution in [0.4, 0.5) is 0 Å². The molecule has 0 amide bonds. The van der Waals surface area contributed by atoms with Crippen molar-refractivity contribution >= 4 is 33.5 Å². The van der Waals surface area contributed by atoms with E-state index >= 15 is 0 Å². The highest BCUT2D eigenvalue weighted by molar-refractivity contribution is 6.15. The van der Waals surface area contributed by atoms with Crippen LogP contribution < -0.4 is 0 Å². The van der Waals surface area contributed by atoms with Gasteiger partial charge in [0.05, 0.1) is 17.4 Å². The van der Waals surface area contributed by atoms with E-state index in [0.29, 0.717) is 12.1 Å². The van der Waals surface area contributed by atoms with E-state index in [2.05, 4.69) is 101 Å². The van der Waals surface area contributed by atoms with Crippen molar-refractivity contribution in [3.63, 3.8) is 0 Å². The van der Waals surface area contributed by atoms with Crippen LogP contribution in [0.2, 0.25) is 0 Å². The fraction of sp³-hybridized carbons (Fsp3) is 0.216. The van der Waals surface area contributed by atoms with Crippen molar-refractivity contribution < 1.29 is 4.42 Å². The largest absolute Gasteiger partial charge is 0.437 e. The molecular weight excluding hydrogens is 502 g/mol. The zero-order valence-electron chi connectivity index (χ0n) is 23.9. The van der Waals surface area contributed by atoms with Crippen LogP contribution in [0.15, 0.2) is 106 Å². The van der Waals surface area contributed by atoms with Gasteiger partial charge in [0.1, 0.15) is 5.58 Å². The monoisotopic (exact) mass is 535 g/mol. The molecular formula is C37H33N3O. The molecule has 4 heterocycles. The Balaban J connectivity index is 1.37. The number of benzene rings is 3. The Hall–Kier alpha value is -4.57. The summed E-state index contributed by atoms with van der Waals surface area (Å²) in [5.41, 5.74) is 13.6. The zero-order valence-corrected chi connectivity index (χ0v) is 23.9. The van der Waals surface area contributed by atoms with E-state index in [0.717, 1.165) is 63.1 Å². The van der Waals surface area contributed by atoms with Gasteiger partial charge in [0, 0.05) is 51.2 Å². The van der Waals surface area contributed by atoms with Gasteiger partial charge in [-0.05, 0) is 74.1 Å². The third-order valence-corrected chi connectivity index (χ3v) is 8.79. The number of allylic oxidation sites excluding steroid dienone is 1. The molecule has 2 atom stereocenters. The van der Waals surface area contributed by atoms with E-state index in [-0.39, 0.29) is 12.0 Å². The quantitative estimate of drug-likeness (QED) is 0.226. The van der Waals surface area contributed by atoms with Crippen LogP contribution in [0, 0.1) is 13.8 Å². The predicted octanol–water partition coefficient (Wildman–Crippen LogP) is 9.06. The molecule has 0 aliphatic carbocycles. The highest BCUT2D eigenvalue weighted by Crippen LogP contribution is 2.40. The third kappa shape index (κ3) is 4.17. The minimum atomic E-state index is 0.0888. The summed E-state index contributed by atoms with van der Waals surface area (Å²) in [4.78, 5) is 15.2. The number of aromatic nitrogens is 1. The Kier molecular flexibility index (Phi) is 6.08. The topological polar surface area (TPSA) is 50.8 Å². The molecule has 0 radical (unpaired) electrons. The molecule has 0 bridgehead atoms. The first-order chi connectivity index (χ1) is 19.9. The van der Waals surface area contributed by atoms with Crippen molar-refractivity contribution in [2.24, 2.45) is 9.98 Å². The minimum Gasteiger partial charge on any atom is -0.437 e. The number of fused-ring (bicyclic) bond motifs is 8. The van der Waals surface area contributed by atoms with Crippen LogP contribution in [0.3, 0.4) is 0 Å². The third-order valence-electron chi connectivity index (χ3n) is 8.79. The van der Waals surface area contributed by atoms with Crippen molar-refractivity contribution in [1.82, 2.24) is 4.98 Å². The number of furan rings is 1. The second-order valence-corrected chi connectivity index (χ2v) is 11.4. The summed E-state index contributed by atoms with van der Waals surface area (Å²) in [6.45, 7) is 14.7. The summed E-state index contributed by atoms with van der Waals surface area (Å²) in [6, 6.07) is 23.8. The predicted molar refractivity (Wildman–Crippen MR) is 170 cm³/mol. The van der Waals surface area contributed by atoms with E-state index in [4.69, 9.17) is 19.4 Å². The van der Waals surface area contributed by atoms with Crippen LogP contribution in [0.25, 0.3) is 33.3 Å². The molecule has 0 saturated carbocycles. The maximum absolute atomic E-state index is 6.60. The summed E-state index contributed by atoms with van der Waals surface area (Å²) >= 11 is 0. The van der Waals surface area contributed by atoms with Gasteiger partial charge < -0.3 is 4.42 Å². The molecule has 3 aromatic carbocycles. The zero-order chi connectivity index (χ0) is 28.2. The lowest BCUT2D eigenvalue weighted by Gasteiger charge is -2.32. The number of hydrogen-bond acceptors (Lipinski definition) is 4. The summed E-state index contributed by atoms with van der Waals surface area (Å²) in [7, 11) is 0. The number of rotatable bonds is 2. The van der Waals surface area contributed by atoms with E-state index in [1.165, 1.54) is 27.8 Å². The highest BCUT2D eigenvalue weighted by Gasteiger charge is 2.31. The summed E-state index contributed by atoms with van der Waals surface area (Å²) < 4.78 is 6.60. The number of hydrogen-bond donors (Lipinski definition) is 0. The minimum absolute atomic E-state index is 0.0888. The molecule has 0 saturated heterocycles. The average Bonchev–Trinajstić information content (AvgIpc) is 3.33. The average molecular weight is 536 g/mol. The fourth-order valence-electron chi connectivity index (χ4n) is 6.91. The van der Waals surface area contributed by atoms with Crippen molar-refractivity contribution in [1.29, 1.82) is 0 Å². The first-order valence-corrected chi connectivity index (χ1v) is 14.4. The molecule has 2 aromatic heterocycles. The molecule has 2 unspecified atom stereocenters. The Bertz CT molecular complexity index is 1930. The molecule has 202 valence electrons. The van der Waals surface area contributed by atoms with Crippen LogP contribution in [0.5, 0.6) is 0 Å². The smallest absolute Gasteiger partial charge is 0.227 e. The van der Waals surface area contributed by atoms with Gasteiger partial charge in [-0.25, -0.2) is 4.98 Å². The summed E-state index contributed by atoms with van der Waals surface area (Å²) in [6.07, 6.45) is 4.46. The standard InChI is InChI=1S/C37H33N3O/c1-6-31-27-13-8-7-12-26(27)28-16-14-25-15-17-29-30-18-19-32(34-21(2)10-9-11-22(34)3)40-37(30)41-36(29)35(25)24(5)38-23(4)20-33(28)39-31/h6-13,15,17-19,28,33H,1,4,14,16,20H2,2-3,5H3/b38-24-. The Labute approximate surface area is 240 Å². The van der Waals surface area contributed by atoms with Gasteiger partial charge in [-0.15, -0.1) is 0 Å². The van der Waals surface area contributed by atoms with Gasteiger partial charge in [0.2, 0.25) is 5.71 Å². The lowest BCUT2D eigenvalue weighted by atomic mass is 9.78. The van der Waals surface area contributed by atoms with Gasteiger partial charge >= 0.3 is 0 Å². The number of aliphatic imine (C=N–C) groups is 2. The van der Waals surface area contributed by atoms with Gasteiger partial charge in [-0.1, -0.05) is 67.8 Å². The van der Waals surface area contributed by atoms with Crippen LogP contribution in [0.1, 0.15) is 59.1 Å². The maximum atomic E-state index is 6.60. The molecule has 4 heteroatoms. The second-order valence-electron chi connectivity index (χ2n) is 11.4.